The molecule has 0 saturated carbocycles. The van der Waals surface area contributed by atoms with Gasteiger partial charge in [0.05, 0.1) is 12.8 Å². The number of rotatable bonds is 13. The van der Waals surface area contributed by atoms with E-state index in [1.807, 2.05) is 42.5 Å². The highest BCUT2D eigenvalue weighted by Gasteiger charge is 2.11. The van der Waals surface area contributed by atoms with Gasteiger partial charge in [0.15, 0.2) is 0 Å². The summed E-state index contributed by atoms with van der Waals surface area (Å²) in [5, 5.41) is 9.40. The van der Waals surface area contributed by atoms with Gasteiger partial charge in [-0.2, -0.15) is 0 Å². The number of carbonyl (C=O) groups is 1. The number of urea groups is 1. The molecule has 0 radical (unpaired) electrons. The van der Waals surface area contributed by atoms with Crippen molar-refractivity contribution >= 4 is 28.7 Å². The molecule has 2 amide bonds. The predicted octanol–water partition coefficient (Wildman–Crippen LogP) is 5.91. The van der Waals surface area contributed by atoms with E-state index in [-0.39, 0.29) is 29.2 Å². The van der Waals surface area contributed by atoms with Crippen molar-refractivity contribution in [2.75, 3.05) is 18.5 Å². The lowest BCUT2D eigenvalue weighted by Gasteiger charge is -2.20. The molecule has 3 N–H and O–H groups in total. The average molecular weight is 478 g/mol. The van der Waals surface area contributed by atoms with Crippen LogP contribution in [-0.4, -0.2) is 25.3 Å². The van der Waals surface area contributed by atoms with Crippen molar-refractivity contribution in [2.45, 2.75) is 58.5 Å². The number of anilines is 1. The molecule has 0 heterocycles. The Morgan fingerprint density at radius 3 is 2.33 bits per heavy atom. The molecule has 0 aromatic heterocycles. The lowest BCUT2D eigenvalue weighted by Crippen LogP contribution is -2.47. The number of halogens is 1. The maximum absolute atomic E-state index is 12.3. The zero-order valence-corrected chi connectivity index (χ0v) is 19.9. The summed E-state index contributed by atoms with van der Waals surface area (Å²) in [6.45, 7) is 5.89. The summed E-state index contributed by atoms with van der Waals surface area (Å²) < 4.78 is 5.71. The molecule has 166 valence electrons. The average Bonchev–Trinajstić information content (AvgIpc) is 2.74. The van der Waals surface area contributed by atoms with Crippen molar-refractivity contribution in [2.24, 2.45) is 0 Å². The Bertz CT molecular complexity index is 695. The number of nitrogens with one attached hydrogen (secondary N) is 3. The zero-order chi connectivity index (χ0) is 20.7. The van der Waals surface area contributed by atoms with Gasteiger partial charge >= 0.3 is 6.03 Å². The highest BCUT2D eigenvalue weighted by Crippen LogP contribution is 2.13. The van der Waals surface area contributed by atoms with Gasteiger partial charge in [-0.25, -0.2) is 4.79 Å². The van der Waals surface area contributed by atoms with Gasteiger partial charge in [0, 0.05) is 12.2 Å². The fraction of sp³-hybridized carbons (Fsp3) is 0.458. The van der Waals surface area contributed by atoms with E-state index in [1.54, 1.807) is 0 Å². The van der Waals surface area contributed by atoms with Crippen LogP contribution < -0.4 is 20.7 Å². The fourth-order valence-corrected chi connectivity index (χ4v) is 2.96. The third kappa shape index (κ3) is 10.6. The van der Waals surface area contributed by atoms with Crippen molar-refractivity contribution in [1.29, 1.82) is 0 Å². The van der Waals surface area contributed by atoms with E-state index in [9.17, 15) is 4.79 Å². The van der Waals surface area contributed by atoms with Gasteiger partial charge in [-0.05, 0) is 49.1 Å². The minimum Gasteiger partial charge on any atom is -0.494 e. The van der Waals surface area contributed by atoms with Gasteiger partial charge in [-0.3, -0.25) is 5.32 Å². The second-order valence-corrected chi connectivity index (χ2v) is 7.21. The maximum Gasteiger partial charge on any atom is 0.320 e. The quantitative estimate of drug-likeness (QED) is 0.248. The molecule has 1 atom stereocenters. The number of ether oxygens (including phenoxy) is 1. The zero-order valence-electron chi connectivity index (χ0n) is 18.2. The summed E-state index contributed by atoms with van der Waals surface area (Å²) in [5.74, 6) is 0.926. The predicted molar refractivity (Wildman–Crippen MR) is 131 cm³/mol. The fourth-order valence-electron chi connectivity index (χ4n) is 2.96. The van der Waals surface area contributed by atoms with Crippen molar-refractivity contribution in [3.05, 3.63) is 60.2 Å². The smallest absolute Gasteiger partial charge is 0.320 e. The van der Waals surface area contributed by atoms with Crippen LogP contribution in [0.3, 0.4) is 0 Å². The Balaban J connectivity index is 0.00000450. The molecule has 0 bridgehead atoms. The number of benzene rings is 2. The third-order valence-electron chi connectivity index (χ3n) is 4.68. The van der Waals surface area contributed by atoms with Crippen molar-refractivity contribution < 1.29 is 9.53 Å². The van der Waals surface area contributed by atoms with Crippen LogP contribution in [-0.2, 0) is 6.42 Å². The van der Waals surface area contributed by atoms with Crippen LogP contribution in [0.25, 0.3) is 0 Å². The Hall–Kier alpha value is -2.05. The van der Waals surface area contributed by atoms with Gasteiger partial charge in [0.25, 0.3) is 0 Å². The molecule has 5 nitrogen and oxygen atoms in total. The summed E-state index contributed by atoms with van der Waals surface area (Å²) in [6, 6.07) is 17.6. The van der Waals surface area contributed by atoms with E-state index in [2.05, 4.69) is 41.9 Å². The molecule has 2 rings (SSSR count). The van der Waals surface area contributed by atoms with Crippen molar-refractivity contribution in [3.63, 3.8) is 0 Å². The first-order chi connectivity index (χ1) is 14.2. The standard InChI is InChI=1S/C24H35N3O2.BrH/c1-3-5-12-23(27-24(28)26-21-10-8-7-9-11-21)25-18-17-20-13-15-22(16-14-20)29-19-6-4-2;/h7-11,13-16,23,25H,3-6,12,17-19H2,1-2H3,(H2,26,27,28);1H. The number of amides is 2. The first kappa shape index (κ1) is 26.0. The van der Waals surface area contributed by atoms with E-state index in [0.29, 0.717) is 0 Å². The Labute approximate surface area is 191 Å². The largest absolute Gasteiger partial charge is 0.494 e. The molecule has 0 fully saturated rings. The summed E-state index contributed by atoms with van der Waals surface area (Å²) in [7, 11) is 0. The van der Waals surface area contributed by atoms with Gasteiger partial charge in [0.2, 0.25) is 0 Å². The summed E-state index contributed by atoms with van der Waals surface area (Å²) in [4.78, 5) is 12.3. The normalized spacial score (nSPS) is 11.3. The Morgan fingerprint density at radius 1 is 0.967 bits per heavy atom. The van der Waals surface area contributed by atoms with Crippen LogP contribution in [0, 0.1) is 0 Å². The first-order valence-corrected chi connectivity index (χ1v) is 10.8. The lowest BCUT2D eigenvalue weighted by atomic mass is 10.1. The number of hydrogen-bond acceptors (Lipinski definition) is 3. The molecule has 2 aromatic rings. The molecule has 0 aliphatic carbocycles. The second kappa shape index (κ2) is 15.7. The summed E-state index contributed by atoms with van der Waals surface area (Å²) >= 11 is 0. The van der Waals surface area contributed by atoms with Gasteiger partial charge in [-0.1, -0.05) is 63.4 Å². The van der Waals surface area contributed by atoms with Gasteiger partial charge in [-0.15, -0.1) is 17.0 Å². The second-order valence-electron chi connectivity index (χ2n) is 7.21. The molecule has 2 aromatic carbocycles. The first-order valence-electron chi connectivity index (χ1n) is 10.8. The van der Waals surface area contributed by atoms with E-state index in [1.165, 1.54) is 5.56 Å². The maximum atomic E-state index is 12.3. The van der Waals surface area contributed by atoms with E-state index >= 15 is 0 Å². The molecule has 0 saturated heterocycles. The summed E-state index contributed by atoms with van der Waals surface area (Å²) in [5.41, 5.74) is 2.05. The molecular formula is C24H36BrN3O2. The van der Waals surface area contributed by atoms with Crippen LogP contribution in [0.4, 0.5) is 10.5 Å². The van der Waals surface area contributed by atoms with Crippen LogP contribution in [0.5, 0.6) is 5.75 Å². The highest BCUT2D eigenvalue weighted by molar-refractivity contribution is 8.93. The van der Waals surface area contributed by atoms with E-state index in [0.717, 1.165) is 63.1 Å². The molecule has 0 aliphatic rings. The lowest BCUT2D eigenvalue weighted by molar-refractivity contribution is 0.244. The third-order valence-corrected chi connectivity index (χ3v) is 4.68. The molecular weight excluding hydrogens is 442 g/mol. The molecule has 1 unspecified atom stereocenters. The number of hydrogen-bond donors (Lipinski definition) is 3. The van der Waals surface area contributed by atoms with Gasteiger partial charge in [0.1, 0.15) is 5.75 Å². The monoisotopic (exact) mass is 477 g/mol. The van der Waals surface area contributed by atoms with Crippen LogP contribution in [0.2, 0.25) is 0 Å². The molecule has 0 spiro atoms. The van der Waals surface area contributed by atoms with Gasteiger partial charge < -0.3 is 15.4 Å². The van der Waals surface area contributed by atoms with Crippen LogP contribution >= 0.6 is 17.0 Å². The minimum atomic E-state index is -0.182. The Morgan fingerprint density at radius 2 is 1.67 bits per heavy atom. The SMILES string of the molecule is Br.CCCCOc1ccc(CCNC(CCCC)NC(=O)Nc2ccccc2)cc1. The minimum absolute atomic E-state index is 0. The van der Waals surface area contributed by atoms with E-state index < -0.39 is 0 Å². The molecule has 30 heavy (non-hydrogen) atoms. The number of carbonyl (C=O) groups excluding carboxylic acids is 1. The molecule has 0 aliphatic heterocycles. The molecule has 6 heteroatoms. The van der Waals surface area contributed by atoms with Crippen molar-refractivity contribution in [3.8, 4) is 5.75 Å². The van der Waals surface area contributed by atoms with Crippen LogP contribution in [0.15, 0.2) is 54.6 Å². The Kier molecular flexibility index (Phi) is 13.6. The number of unbranched alkanes of at least 4 members (excludes halogenated alkanes) is 2. The van der Waals surface area contributed by atoms with Crippen LogP contribution in [0.1, 0.15) is 51.5 Å². The number of para-hydroxylation sites is 1. The van der Waals surface area contributed by atoms with E-state index in [4.69, 9.17) is 4.74 Å². The topological polar surface area (TPSA) is 62.4 Å². The highest BCUT2D eigenvalue weighted by atomic mass is 79.9. The summed E-state index contributed by atoms with van der Waals surface area (Å²) in [6.07, 6.45) is 6.14. The van der Waals surface area contributed by atoms with Crippen molar-refractivity contribution in [1.82, 2.24) is 10.6 Å².